The number of nitrogens with zero attached hydrogens (tertiary/aromatic N) is 4. The molecule has 0 atom stereocenters. The Hall–Kier alpha value is -3.27. The fourth-order valence-electron chi connectivity index (χ4n) is 1.97. The Morgan fingerprint density at radius 2 is 1.92 bits per heavy atom. The average molecular weight is 344 g/mol. The first-order valence-corrected chi connectivity index (χ1v) is 7.74. The van der Waals surface area contributed by atoms with Crippen LogP contribution in [0.4, 0.5) is 5.69 Å². The van der Waals surface area contributed by atoms with E-state index in [2.05, 4.69) is 15.7 Å². The molecule has 0 saturated carbocycles. The van der Waals surface area contributed by atoms with Gasteiger partial charge in [0.05, 0.1) is 11.3 Å². The first-order chi connectivity index (χ1) is 11.5. The van der Waals surface area contributed by atoms with Crippen molar-refractivity contribution >= 4 is 28.8 Å². The Bertz CT molecular complexity index is 926. The zero-order valence-corrected chi connectivity index (χ0v) is 13.1. The lowest BCUT2D eigenvalue weighted by Crippen LogP contribution is -2.30. The lowest BCUT2D eigenvalue weighted by Gasteiger charge is -2.05. The Kier molecular flexibility index (Phi) is 4.20. The summed E-state index contributed by atoms with van der Waals surface area (Å²) in [7, 11) is 0. The van der Waals surface area contributed by atoms with Crippen molar-refractivity contribution < 1.29 is 9.59 Å². The van der Waals surface area contributed by atoms with Crippen molar-refractivity contribution in [1.82, 2.24) is 19.8 Å². The van der Waals surface area contributed by atoms with E-state index in [1.165, 1.54) is 11.3 Å². The van der Waals surface area contributed by atoms with Crippen LogP contribution in [0, 0.1) is 0 Å². The number of primary amides is 1. The van der Waals surface area contributed by atoms with Crippen LogP contribution in [0.25, 0.3) is 5.69 Å². The van der Waals surface area contributed by atoms with Gasteiger partial charge in [0.25, 0.3) is 5.91 Å². The minimum absolute atomic E-state index is 0.214. The number of carbonyl (C=O) groups is 2. The first-order valence-electron chi connectivity index (χ1n) is 6.80. The van der Waals surface area contributed by atoms with E-state index in [0.29, 0.717) is 16.9 Å². The second kappa shape index (κ2) is 6.46. The van der Waals surface area contributed by atoms with E-state index in [9.17, 15) is 14.4 Å². The van der Waals surface area contributed by atoms with E-state index < -0.39 is 11.6 Å². The molecule has 3 N–H and O–H groups in total. The topological polar surface area (TPSA) is 125 Å². The van der Waals surface area contributed by atoms with Crippen LogP contribution in [0.2, 0.25) is 0 Å². The van der Waals surface area contributed by atoms with Gasteiger partial charge in [-0.15, -0.1) is 0 Å². The molecule has 2 amide bonds. The van der Waals surface area contributed by atoms with Crippen molar-refractivity contribution in [3.63, 3.8) is 0 Å². The van der Waals surface area contributed by atoms with Gasteiger partial charge in [-0.25, -0.2) is 4.79 Å². The quantitative estimate of drug-likeness (QED) is 0.685. The molecule has 0 radical (unpaired) electrons. The molecule has 0 aliphatic heterocycles. The van der Waals surface area contributed by atoms with Crippen LogP contribution >= 0.6 is 11.3 Å². The molecule has 10 heteroatoms. The molecule has 24 heavy (non-hydrogen) atoms. The molecule has 3 rings (SSSR count). The number of carbonyl (C=O) groups excluding carboxylic acids is 2. The normalized spacial score (nSPS) is 10.5. The second-order valence-corrected chi connectivity index (χ2v) is 5.59. The number of hydrogen-bond donors (Lipinski definition) is 2. The Balaban J connectivity index is 1.77. The van der Waals surface area contributed by atoms with Crippen LogP contribution in [-0.2, 0) is 11.3 Å². The van der Waals surface area contributed by atoms with Crippen LogP contribution in [0.15, 0.2) is 45.9 Å². The Labute approximate surface area is 139 Å². The number of hydrogen-bond acceptors (Lipinski definition) is 6. The standard InChI is InChI=1S/C14H12N6O3S/c15-12(21)7-19-14(23)20(18-17-19)11-3-1-10(2-4-11)16-13(22)9-5-6-24-8-9/h1-6,8H,7H2,(H2,15,21)(H,16,22). The molecule has 0 fully saturated rings. The van der Waals surface area contributed by atoms with Gasteiger partial charge in [-0.2, -0.15) is 20.7 Å². The molecule has 2 aromatic heterocycles. The minimum atomic E-state index is -0.685. The zero-order valence-electron chi connectivity index (χ0n) is 12.2. The Morgan fingerprint density at radius 1 is 1.17 bits per heavy atom. The molecule has 1 aromatic carbocycles. The number of thiophene rings is 1. The summed E-state index contributed by atoms with van der Waals surface area (Å²) < 4.78 is 1.90. The summed E-state index contributed by atoms with van der Waals surface area (Å²) in [5, 5.41) is 13.6. The van der Waals surface area contributed by atoms with Gasteiger partial charge in [-0.1, -0.05) is 0 Å². The summed E-state index contributed by atoms with van der Waals surface area (Å²) in [5.41, 5.74) is 6.06. The molecule has 2 heterocycles. The number of tetrazole rings is 1. The molecule has 0 spiro atoms. The summed E-state index contributed by atoms with van der Waals surface area (Å²) in [4.78, 5) is 34.9. The van der Waals surface area contributed by atoms with Crippen LogP contribution in [0.5, 0.6) is 0 Å². The highest BCUT2D eigenvalue weighted by molar-refractivity contribution is 7.08. The summed E-state index contributed by atoms with van der Waals surface area (Å²) in [5.74, 6) is -0.899. The van der Waals surface area contributed by atoms with Crippen molar-refractivity contribution in [2.24, 2.45) is 5.73 Å². The number of anilines is 1. The highest BCUT2D eigenvalue weighted by Crippen LogP contribution is 2.14. The lowest BCUT2D eigenvalue weighted by molar-refractivity contribution is -0.118. The number of aromatic nitrogens is 4. The molecular weight excluding hydrogens is 332 g/mol. The fraction of sp³-hybridized carbons (Fsp3) is 0.0714. The highest BCUT2D eigenvalue weighted by Gasteiger charge is 2.11. The van der Waals surface area contributed by atoms with Gasteiger partial charge < -0.3 is 11.1 Å². The predicted molar refractivity (Wildman–Crippen MR) is 87.1 cm³/mol. The number of rotatable bonds is 5. The number of nitrogens with two attached hydrogens (primary N) is 1. The number of nitrogens with one attached hydrogen (secondary N) is 1. The molecule has 0 saturated heterocycles. The van der Waals surface area contributed by atoms with Crippen molar-refractivity contribution in [2.45, 2.75) is 6.54 Å². The van der Waals surface area contributed by atoms with Gasteiger partial charge in [0, 0.05) is 11.1 Å². The molecule has 0 unspecified atom stereocenters. The molecule has 0 aliphatic rings. The molecule has 0 bridgehead atoms. The third kappa shape index (κ3) is 3.22. The minimum Gasteiger partial charge on any atom is -0.368 e. The van der Waals surface area contributed by atoms with Crippen molar-refractivity contribution in [3.05, 3.63) is 57.1 Å². The first kappa shape index (κ1) is 15.6. The second-order valence-electron chi connectivity index (χ2n) is 4.81. The van der Waals surface area contributed by atoms with E-state index in [0.717, 1.165) is 9.36 Å². The molecular formula is C14H12N6O3S. The van der Waals surface area contributed by atoms with Crippen molar-refractivity contribution in [1.29, 1.82) is 0 Å². The number of amides is 2. The molecule has 0 aliphatic carbocycles. The van der Waals surface area contributed by atoms with Crippen molar-refractivity contribution in [3.8, 4) is 5.69 Å². The van der Waals surface area contributed by atoms with E-state index >= 15 is 0 Å². The van der Waals surface area contributed by atoms with Crippen LogP contribution < -0.4 is 16.7 Å². The predicted octanol–water partition coefficient (Wildman–Crippen LogP) is 0.228. The average Bonchev–Trinajstić information content (AvgIpc) is 3.19. The Morgan fingerprint density at radius 3 is 2.54 bits per heavy atom. The molecule has 9 nitrogen and oxygen atoms in total. The van der Waals surface area contributed by atoms with Crippen molar-refractivity contribution in [2.75, 3.05) is 5.32 Å². The van der Waals surface area contributed by atoms with Gasteiger partial charge in [-0.3, -0.25) is 9.59 Å². The van der Waals surface area contributed by atoms with Gasteiger partial charge in [-0.05, 0) is 46.1 Å². The van der Waals surface area contributed by atoms with Crippen LogP contribution in [-0.4, -0.2) is 31.6 Å². The fourth-order valence-corrected chi connectivity index (χ4v) is 2.60. The van der Waals surface area contributed by atoms with E-state index in [1.54, 1.807) is 35.7 Å². The van der Waals surface area contributed by atoms with Gasteiger partial charge in [0.1, 0.15) is 6.54 Å². The zero-order chi connectivity index (χ0) is 17.1. The lowest BCUT2D eigenvalue weighted by atomic mass is 10.2. The summed E-state index contributed by atoms with van der Waals surface area (Å²) in [6, 6.07) is 8.21. The monoisotopic (exact) mass is 344 g/mol. The van der Waals surface area contributed by atoms with E-state index in [-0.39, 0.29) is 12.5 Å². The highest BCUT2D eigenvalue weighted by atomic mass is 32.1. The third-order valence-electron chi connectivity index (χ3n) is 3.10. The summed E-state index contributed by atoms with van der Waals surface area (Å²) in [6.45, 7) is -0.340. The van der Waals surface area contributed by atoms with Crippen LogP contribution in [0.3, 0.4) is 0 Å². The van der Waals surface area contributed by atoms with E-state index in [1.807, 2.05) is 5.38 Å². The maximum absolute atomic E-state index is 12.0. The van der Waals surface area contributed by atoms with Crippen LogP contribution in [0.1, 0.15) is 10.4 Å². The largest absolute Gasteiger partial charge is 0.368 e. The number of benzene rings is 1. The maximum Gasteiger partial charge on any atom is 0.368 e. The molecule has 3 aromatic rings. The third-order valence-corrected chi connectivity index (χ3v) is 3.78. The summed E-state index contributed by atoms with van der Waals surface area (Å²) in [6.07, 6.45) is 0. The summed E-state index contributed by atoms with van der Waals surface area (Å²) >= 11 is 1.44. The smallest absolute Gasteiger partial charge is 0.368 e. The van der Waals surface area contributed by atoms with Gasteiger partial charge in [0.15, 0.2) is 0 Å². The molecule has 122 valence electrons. The SMILES string of the molecule is NC(=O)Cn1nnn(-c2ccc(NC(=O)c3ccsc3)cc2)c1=O. The van der Waals surface area contributed by atoms with E-state index in [4.69, 9.17) is 5.73 Å². The van der Waals surface area contributed by atoms with Gasteiger partial charge in [0.2, 0.25) is 5.91 Å². The maximum atomic E-state index is 12.0. The van der Waals surface area contributed by atoms with Gasteiger partial charge >= 0.3 is 5.69 Å².